The number of rotatable bonds is 6. The molecule has 0 N–H and O–H groups in total. The van der Waals surface area contributed by atoms with Gasteiger partial charge in [-0.1, -0.05) is 12.7 Å². The Labute approximate surface area is 62.4 Å². The fourth-order valence-electron chi connectivity index (χ4n) is 0.587. The van der Waals surface area contributed by atoms with Crippen LogP contribution >= 0.6 is 0 Å². The zero-order chi connectivity index (χ0) is 7.66. The van der Waals surface area contributed by atoms with E-state index in [9.17, 15) is 0 Å². The molecule has 0 aliphatic rings. The van der Waals surface area contributed by atoms with Crippen LogP contribution in [0.15, 0.2) is 35.7 Å². The molecule has 0 rings (SSSR count). The van der Waals surface area contributed by atoms with E-state index in [0.717, 1.165) is 25.8 Å². The smallest absolute Gasteiger partial charge is 0.0603 e. The minimum atomic E-state index is 0.805. The highest BCUT2D eigenvalue weighted by atomic mass is 15.1. The predicted octanol–water partition coefficient (Wildman–Crippen LogP) is 2.94. The first-order chi connectivity index (χ1) is 4.91. The van der Waals surface area contributed by atoms with Crippen molar-refractivity contribution in [3.63, 3.8) is 0 Å². The summed E-state index contributed by atoms with van der Waals surface area (Å²) in [5, 5.41) is 7.47. The number of unbranched alkanes of at least 4 members (excludes halogenated alkanes) is 2. The number of nitrogens with zero attached hydrogens (tertiary/aromatic N) is 2. The van der Waals surface area contributed by atoms with Crippen molar-refractivity contribution in [1.82, 2.24) is 0 Å². The van der Waals surface area contributed by atoms with Gasteiger partial charge in [0.15, 0.2) is 0 Å². The summed E-state index contributed by atoms with van der Waals surface area (Å²) in [7, 11) is 0. The molecule has 10 heavy (non-hydrogen) atoms. The molecule has 0 unspecified atom stereocenters. The Hall–Kier alpha value is -0.920. The van der Waals surface area contributed by atoms with E-state index >= 15 is 0 Å². The van der Waals surface area contributed by atoms with Crippen molar-refractivity contribution in [2.75, 3.05) is 6.54 Å². The van der Waals surface area contributed by atoms with Gasteiger partial charge in [-0.05, 0) is 19.3 Å². The lowest BCUT2D eigenvalue weighted by molar-refractivity contribution is 0.740. The van der Waals surface area contributed by atoms with Crippen molar-refractivity contribution in [3.8, 4) is 0 Å². The van der Waals surface area contributed by atoms with Crippen molar-refractivity contribution in [3.05, 3.63) is 25.4 Å². The topological polar surface area (TPSA) is 24.7 Å². The predicted molar refractivity (Wildman–Crippen MR) is 44.0 cm³/mol. The van der Waals surface area contributed by atoms with Gasteiger partial charge in [-0.25, -0.2) is 0 Å². The lowest BCUT2D eigenvalue weighted by atomic mass is 10.2. The average molecular weight is 138 g/mol. The molecule has 0 aromatic heterocycles. The summed E-state index contributed by atoms with van der Waals surface area (Å²) in [6.07, 6.45) is 6.69. The molecule has 0 aliphatic carbocycles. The Morgan fingerprint density at radius 3 is 2.60 bits per heavy atom. The number of hydrogen-bond acceptors (Lipinski definition) is 2. The van der Waals surface area contributed by atoms with Crippen molar-refractivity contribution in [2.45, 2.75) is 19.3 Å². The van der Waals surface area contributed by atoms with Gasteiger partial charge in [-0.15, -0.1) is 6.58 Å². The van der Waals surface area contributed by atoms with Crippen LogP contribution in [-0.4, -0.2) is 6.54 Å². The first kappa shape index (κ1) is 9.08. The molecule has 0 spiro atoms. The minimum Gasteiger partial charge on any atom is -0.189 e. The van der Waals surface area contributed by atoms with Gasteiger partial charge in [0.05, 0.1) is 6.54 Å². The molecule has 2 nitrogen and oxygen atoms in total. The van der Waals surface area contributed by atoms with Crippen molar-refractivity contribution >= 4 is 0 Å². The lowest BCUT2D eigenvalue weighted by Gasteiger charge is -1.89. The summed E-state index contributed by atoms with van der Waals surface area (Å²) in [5.74, 6) is 0. The van der Waals surface area contributed by atoms with Crippen molar-refractivity contribution in [1.29, 1.82) is 0 Å². The van der Waals surface area contributed by atoms with Gasteiger partial charge in [0.1, 0.15) is 0 Å². The largest absolute Gasteiger partial charge is 0.189 e. The third-order valence-corrected chi connectivity index (χ3v) is 1.08. The van der Waals surface area contributed by atoms with Crippen LogP contribution in [-0.2, 0) is 0 Å². The Morgan fingerprint density at radius 2 is 2.00 bits per heavy atom. The van der Waals surface area contributed by atoms with E-state index in [1.807, 2.05) is 6.08 Å². The van der Waals surface area contributed by atoms with E-state index in [4.69, 9.17) is 0 Å². The molecule has 0 radical (unpaired) electrons. The molecule has 0 aromatic rings. The fourth-order valence-corrected chi connectivity index (χ4v) is 0.587. The molecule has 0 bridgehead atoms. The van der Waals surface area contributed by atoms with E-state index in [-0.39, 0.29) is 0 Å². The van der Waals surface area contributed by atoms with E-state index in [1.54, 1.807) is 0 Å². The minimum absolute atomic E-state index is 0.805. The maximum atomic E-state index is 3.83. The first-order valence-corrected chi connectivity index (χ1v) is 3.50. The zero-order valence-corrected chi connectivity index (χ0v) is 6.29. The van der Waals surface area contributed by atoms with Crippen LogP contribution in [0.5, 0.6) is 0 Å². The number of azo groups is 1. The van der Waals surface area contributed by atoms with Gasteiger partial charge in [-0.3, -0.25) is 0 Å². The molecule has 56 valence electrons. The molecule has 0 atom stereocenters. The van der Waals surface area contributed by atoms with Gasteiger partial charge in [0.25, 0.3) is 0 Å². The van der Waals surface area contributed by atoms with Crippen LogP contribution in [0.4, 0.5) is 0 Å². The Kier molecular flexibility index (Phi) is 7.34. The summed E-state index contributed by atoms with van der Waals surface area (Å²) in [6, 6.07) is 0. The van der Waals surface area contributed by atoms with Crippen LogP contribution < -0.4 is 0 Å². The molecule has 0 aliphatic heterocycles. The van der Waals surface area contributed by atoms with Crippen LogP contribution in [0.1, 0.15) is 19.3 Å². The zero-order valence-electron chi connectivity index (χ0n) is 6.29. The molecule has 0 fully saturated rings. The highest BCUT2D eigenvalue weighted by Gasteiger charge is 1.81. The SMILES string of the molecule is C=CCCCCN=NC=C. The Bertz CT molecular complexity index is 116. The highest BCUT2D eigenvalue weighted by molar-refractivity contribution is 4.65. The van der Waals surface area contributed by atoms with Crippen LogP contribution in [0.25, 0.3) is 0 Å². The average Bonchev–Trinajstić information content (AvgIpc) is 1.97. The third-order valence-electron chi connectivity index (χ3n) is 1.08. The molecule has 0 heterocycles. The quantitative estimate of drug-likeness (QED) is 0.306. The van der Waals surface area contributed by atoms with Crippen LogP contribution in [0.2, 0.25) is 0 Å². The Morgan fingerprint density at radius 1 is 1.20 bits per heavy atom. The Balaban J connectivity index is 2.96. The second-order valence-corrected chi connectivity index (χ2v) is 1.95. The maximum absolute atomic E-state index is 3.83. The molecule has 0 amide bonds. The third kappa shape index (κ3) is 7.08. The van der Waals surface area contributed by atoms with Gasteiger partial charge in [0, 0.05) is 6.20 Å². The maximum Gasteiger partial charge on any atom is 0.0603 e. The molecule has 2 heteroatoms. The number of hydrogen-bond donors (Lipinski definition) is 0. The molecular weight excluding hydrogens is 124 g/mol. The van der Waals surface area contributed by atoms with Gasteiger partial charge in [0.2, 0.25) is 0 Å². The second-order valence-electron chi connectivity index (χ2n) is 1.95. The molecule has 0 saturated carbocycles. The molecular formula is C8H14N2. The summed E-state index contributed by atoms with van der Waals surface area (Å²) in [5.41, 5.74) is 0. The molecule has 0 saturated heterocycles. The lowest BCUT2D eigenvalue weighted by Crippen LogP contribution is -1.77. The number of allylic oxidation sites excluding steroid dienone is 1. The van der Waals surface area contributed by atoms with Crippen molar-refractivity contribution < 1.29 is 0 Å². The summed E-state index contributed by atoms with van der Waals surface area (Å²) >= 11 is 0. The van der Waals surface area contributed by atoms with Crippen molar-refractivity contribution in [2.24, 2.45) is 10.2 Å². The van der Waals surface area contributed by atoms with E-state index in [2.05, 4.69) is 23.4 Å². The van der Waals surface area contributed by atoms with E-state index in [0.29, 0.717) is 0 Å². The van der Waals surface area contributed by atoms with Crippen LogP contribution in [0, 0.1) is 0 Å². The highest BCUT2D eigenvalue weighted by Crippen LogP contribution is 1.95. The molecule has 0 aromatic carbocycles. The van der Waals surface area contributed by atoms with Gasteiger partial charge < -0.3 is 0 Å². The summed E-state index contributed by atoms with van der Waals surface area (Å²) in [6.45, 7) is 7.85. The summed E-state index contributed by atoms with van der Waals surface area (Å²) < 4.78 is 0. The summed E-state index contributed by atoms with van der Waals surface area (Å²) in [4.78, 5) is 0. The standard InChI is InChI=1S/C8H14N2/c1-3-5-6-7-8-10-9-4-2/h3-4H,1-2,5-8H2. The van der Waals surface area contributed by atoms with E-state index < -0.39 is 0 Å². The normalized spacial score (nSPS) is 10.0. The monoisotopic (exact) mass is 138 g/mol. The first-order valence-electron chi connectivity index (χ1n) is 3.50. The van der Waals surface area contributed by atoms with E-state index in [1.165, 1.54) is 6.20 Å². The fraction of sp³-hybridized carbons (Fsp3) is 0.500. The van der Waals surface area contributed by atoms with Crippen LogP contribution in [0.3, 0.4) is 0 Å². The second kappa shape index (κ2) is 8.08. The van der Waals surface area contributed by atoms with Gasteiger partial charge in [-0.2, -0.15) is 10.2 Å². The van der Waals surface area contributed by atoms with Gasteiger partial charge >= 0.3 is 0 Å².